The van der Waals surface area contributed by atoms with Crippen molar-refractivity contribution in [2.24, 2.45) is 0 Å². The number of fused-ring (bicyclic) bond motifs is 1. The number of benzene rings is 3. The highest BCUT2D eigenvalue weighted by Crippen LogP contribution is 2.40. The number of nitrogens with zero attached hydrogens (tertiary/aromatic N) is 1. The summed E-state index contributed by atoms with van der Waals surface area (Å²) in [6, 6.07) is 23.6. The average Bonchev–Trinajstić information content (AvgIpc) is 3.44. The highest BCUT2D eigenvalue weighted by Gasteiger charge is 2.40. The maximum Gasteiger partial charge on any atom is 0.336 e. The lowest BCUT2D eigenvalue weighted by Gasteiger charge is -2.26. The van der Waals surface area contributed by atoms with Gasteiger partial charge in [0.1, 0.15) is 18.1 Å². The zero-order valence-electron chi connectivity index (χ0n) is 25.9. The molecule has 3 aromatic carbocycles. The first-order valence-corrected chi connectivity index (χ1v) is 15.9. The minimum atomic E-state index is -2.74. The standard InChI is InChI=1S/C29H29NO3S.C6H8O7/c1-32-23-13-11-22(12-14-23)29-27(25-7-3-4-8-26(25)34-29)28(31)21-9-15-24(16-10-21)33-20-19-30-17-5-2-6-18-30;7-3(8)1-6(13,5(11)12)2-4(9)10/h3-4,7-16H,2,5-6,17-20H2,1H3;13H,1-2H2,(H,7,8)(H,9,10)(H,11,12). The Hall–Kier alpha value is -4.78. The maximum atomic E-state index is 13.7. The largest absolute Gasteiger partial charge is 0.497 e. The lowest BCUT2D eigenvalue weighted by atomic mass is 9.96. The molecule has 0 radical (unpaired) electrons. The molecule has 1 saturated heterocycles. The van der Waals surface area contributed by atoms with E-state index in [1.807, 2.05) is 66.7 Å². The molecule has 0 spiro atoms. The molecule has 248 valence electrons. The average molecular weight is 664 g/mol. The zero-order valence-corrected chi connectivity index (χ0v) is 26.7. The topological polar surface area (TPSA) is 171 Å². The Morgan fingerprint density at radius 3 is 1.98 bits per heavy atom. The van der Waals surface area contributed by atoms with Crippen LogP contribution in [-0.2, 0) is 14.4 Å². The van der Waals surface area contributed by atoms with Gasteiger partial charge in [0.25, 0.3) is 0 Å². The summed E-state index contributed by atoms with van der Waals surface area (Å²) in [5.74, 6) is -3.38. The number of rotatable bonds is 13. The minimum absolute atomic E-state index is 0.0307. The molecule has 4 N–H and O–H groups in total. The molecular weight excluding hydrogens is 626 g/mol. The number of carboxylic acid groups (broad SMARTS) is 3. The number of aliphatic hydroxyl groups is 1. The molecule has 0 saturated carbocycles. The van der Waals surface area contributed by atoms with E-state index in [1.54, 1.807) is 18.4 Å². The van der Waals surface area contributed by atoms with E-state index in [1.165, 1.54) is 32.4 Å². The van der Waals surface area contributed by atoms with E-state index in [4.69, 9.17) is 29.9 Å². The molecule has 12 heteroatoms. The van der Waals surface area contributed by atoms with Gasteiger partial charge in [0.05, 0.1) is 20.0 Å². The number of aliphatic carboxylic acids is 3. The second kappa shape index (κ2) is 16.2. The summed E-state index contributed by atoms with van der Waals surface area (Å²) >= 11 is 1.65. The number of carboxylic acids is 3. The van der Waals surface area contributed by atoms with Crippen molar-refractivity contribution < 1.29 is 49.1 Å². The zero-order chi connectivity index (χ0) is 34.0. The van der Waals surface area contributed by atoms with Crippen molar-refractivity contribution in [1.29, 1.82) is 0 Å². The van der Waals surface area contributed by atoms with E-state index in [0.717, 1.165) is 44.1 Å². The molecule has 47 heavy (non-hydrogen) atoms. The van der Waals surface area contributed by atoms with Crippen LogP contribution >= 0.6 is 11.3 Å². The van der Waals surface area contributed by atoms with E-state index in [9.17, 15) is 19.2 Å². The smallest absolute Gasteiger partial charge is 0.336 e. The molecule has 0 amide bonds. The third-order valence-corrected chi connectivity index (χ3v) is 8.92. The molecule has 1 aliphatic heterocycles. The Kier molecular flexibility index (Phi) is 12.1. The number of piperidine rings is 1. The van der Waals surface area contributed by atoms with Crippen molar-refractivity contribution in [2.45, 2.75) is 37.7 Å². The molecule has 1 aliphatic rings. The summed E-state index contributed by atoms with van der Waals surface area (Å²) in [7, 11) is 1.66. The van der Waals surface area contributed by atoms with Crippen molar-refractivity contribution in [1.82, 2.24) is 4.90 Å². The Bertz CT molecular complexity index is 1680. The van der Waals surface area contributed by atoms with E-state index in [0.29, 0.717) is 12.2 Å². The number of ether oxygens (including phenoxy) is 2. The van der Waals surface area contributed by atoms with Crippen molar-refractivity contribution in [3.63, 3.8) is 0 Å². The summed E-state index contributed by atoms with van der Waals surface area (Å²) in [6.45, 7) is 3.96. The van der Waals surface area contributed by atoms with Crippen LogP contribution in [0.5, 0.6) is 11.5 Å². The van der Waals surface area contributed by atoms with Gasteiger partial charge in [0.15, 0.2) is 11.4 Å². The van der Waals surface area contributed by atoms with Gasteiger partial charge in [-0.05, 0) is 86.1 Å². The molecule has 4 aromatic rings. The van der Waals surface area contributed by atoms with Crippen molar-refractivity contribution in [3.8, 4) is 21.9 Å². The quantitative estimate of drug-likeness (QED) is 0.135. The number of methoxy groups -OCH3 is 1. The van der Waals surface area contributed by atoms with Crippen LogP contribution in [0.15, 0.2) is 72.8 Å². The molecule has 0 atom stereocenters. The Morgan fingerprint density at radius 1 is 0.809 bits per heavy atom. The summed E-state index contributed by atoms with van der Waals surface area (Å²) in [4.78, 5) is 47.6. The lowest BCUT2D eigenvalue weighted by molar-refractivity contribution is -0.170. The molecule has 2 heterocycles. The number of hydrogen-bond donors (Lipinski definition) is 4. The maximum absolute atomic E-state index is 13.7. The van der Waals surface area contributed by atoms with Crippen LogP contribution in [0.2, 0.25) is 0 Å². The molecule has 5 rings (SSSR count). The summed E-state index contributed by atoms with van der Waals surface area (Å²) in [5.41, 5.74) is -0.299. The van der Waals surface area contributed by atoms with Gasteiger partial charge in [0, 0.05) is 32.6 Å². The van der Waals surface area contributed by atoms with Crippen LogP contribution in [0.3, 0.4) is 0 Å². The fourth-order valence-electron chi connectivity index (χ4n) is 5.25. The number of hydrogen-bond acceptors (Lipinski definition) is 9. The molecule has 0 bridgehead atoms. The molecule has 0 unspecified atom stereocenters. The molecule has 11 nitrogen and oxygen atoms in total. The highest BCUT2D eigenvalue weighted by atomic mass is 32.1. The first-order valence-electron chi connectivity index (χ1n) is 15.1. The van der Waals surface area contributed by atoms with Crippen LogP contribution < -0.4 is 9.47 Å². The number of carbonyl (C=O) groups is 4. The third-order valence-electron chi connectivity index (χ3n) is 7.70. The van der Waals surface area contributed by atoms with Gasteiger partial charge in [-0.15, -0.1) is 11.3 Å². The Labute approximate surface area is 275 Å². The van der Waals surface area contributed by atoms with Gasteiger partial charge in [0.2, 0.25) is 0 Å². The van der Waals surface area contributed by atoms with E-state index in [2.05, 4.69) is 11.0 Å². The lowest BCUT2D eigenvalue weighted by Crippen LogP contribution is -2.42. The second-order valence-corrected chi connectivity index (χ2v) is 12.2. The van der Waals surface area contributed by atoms with Crippen molar-refractivity contribution >= 4 is 45.1 Å². The summed E-state index contributed by atoms with van der Waals surface area (Å²) in [6.07, 6.45) is 1.62. The Balaban J connectivity index is 0.000000328. The fourth-order valence-corrected chi connectivity index (χ4v) is 6.46. The van der Waals surface area contributed by atoms with Crippen LogP contribution in [0.4, 0.5) is 0 Å². The van der Waals surface area contributed by atoms with E-state index in [-0.39, 0.29) is 5.78 Å². The third kappa shape index (κ3) is 9.38. The first kappa shape index (κ1) is 35.1. The van der Waals surface area contributed by atoms with Crippen LogP contribution in [0, 0.1) is 0 Å². The fraction of sp³-hybridized carbons (Fsp3) is 0.314. The van der Waals surface area contributed by atoms with Crippen LogP contribution in [0.25, 0.3) is 20.5 Å². The first-order chi connectivity index (χ1) is 22.5. The predicted octanol–water partition coefficient (Wildman–Crippen LogP) is 5.42. The number of thiophene rings is 1. The monoisotopic (exact) mass is 663 g/mol. The summed E-state index contributed by atoms with van der Waals surface area (Å²) in [5, 5.41) is 34.8. The molecule has 1 fully saturated rings. The number of ketones is 1. The summed E-state index contributed by atoms with van der Waals surface area (Å²) < 4.78 is 12.4. The van der Waals surface area contributed by atoms with Crippen LogP contribution in [-0.4, -0.2) is 88.0 Å². The van der Waals surface area contributed by atoms with Gasteiger partial charge in [-0.25, -0.2) is 4.79 Å². The van der Waals surface area contributed by atoms with Crippen molar-refractivity contribution in [2.75, 3.05) is 33.4 Å². The predicted molar refractivity (Wildman–Crippen MR) is 177 cm³/mol. The highest BCUT2D eigenvalue weighted by molar-refractivity contribution is 7.22. The number of carbonyl (C=O) groups excluding carboxylic acids is 1. The van der Waals surface area contributed by atoms with Crippen molar-refractivity contribution in [3.05, 3.63) is 83.9 Å². The molecule has 1 aromatic heterocycles. The van der Waals surface area contributed by atoms with Crippen LogP contribution in [0.1, 0.15) is 48.0 Å². The van der Waals surface area contributed by atoms with Gasteiger partial charge < -0.3 is 29.9 Å². The molecular formula is C35H37NO10S. The SMILES string of the molecule is COc1ccc(-c2sc3ccccc3c2C(=O)c2ccc(OCCN3CCCCC3)cc2)cc1.O=C(O)CC(O)(CC(=O)O)C(=O)O. The van der Waals surface area contributed by atoms with Gasteiger partial charge in [-0.1, -0.05) is 24.6 Å². The normalized spacial score (nSPS) is 13.3. The van der Waals surface area contributed by atoms with E-state index >= 15 is 0 Å². The number of likely N-dealkylation sites (tertiary alicyclic amines) is 1. The molecule has 0 aliphatic carbocycles. The van der Waals surface area contributed by atoms with Gasteiger partial charge in [-0.3, -0.25) is 19.3 Å². The second-order valence-electron chi connectivity index (χ2n) is 11.1. The van der Waals surface area contributed by atoms with Gasteiger partial charge >= 0.3 is 17.9 Å². The minimum Gasteiger partial charge on any atom is -0.497 e. The Morgan fingerprint density at radius 2 is 1.40 bits per heavy atom. The van der Waals surface area contributed by atoms with E-state index < -0.39 is 36.4 Å². The van der Waals surface area contributed by atoms with Gasteiger partial charge in [-0.2, -0.15) is 0 Å².